The van der Waals surface area contributed by atoms with Crippen molar-refractivity contribution in [1.82, 2.24) is 9.55 Å². The van der Waals surface area contributed by atoms with E-state index < -0.39 is 17.7 Å². The minimum atomic E-state index is -1.81. The number of esters is 1. The lowest BCUT2D eigenvalue weighted by Crippen LogP contribution is -2.47. The molecule has 3 aromatic rings. The molecule has 2 aromatic heterocycles. The summed E-state index contributed by atoms with van der Waals surface area (Å²) in [4.78, 5) is 44.5. The first-order chi connectivity index (χ1) is 18.5. The summed E-state index contributed by atoms with van der Waals surface area (Å²) in [6.45, 7) is 10.1. The van der Waals surface area contributed by atoms with Gasteiger partial charge in [-0.2, -0.15) is 11.8 Å². The topological polar surface area (TPSA) is 117 Å². The van der Waals surface area contributed by atoms with Crippen LogP contribution in [-0.2, 0) is 44.2 Å². The molecular weight excluding hydrogens is 520 g/mol. The van der Waals surface area contributed by atoms with E-state index in [9.17, 15) is 19.5 Å². The molecule has 4 heterocycles. The van der Waals surface area contributed by atoms with Gasteiger partial charge in [-0.05, 0) is 42.7 Å². The van der Waals surface area contributed by atoms with Crippen LogP contribution in [0.2, 0.25) is 0 Å². The average Bonchev–Trinajstić information content (AvgIpc) is 3.25. The average molecular weight is 553 g/mol. The van der Waals surface area contributed by atoms with E-state index in [1.807, 2.05) is 6.92 Å². The maximum Gasteiger partial charge on any atom is 0.509 e. The summed E-state index contributed by atoms with van der Waals surface area (Å²) in [6.07, 6.45) is -0.254. The van der Waals surface area contributed by atoms with Gasteiger partial charge in [0.25, 0.3) is 5.56 Å². The molecule has 0 bridgehead atoms. The Morgan fingerprint density at radius 2 is 1.97 bits per heavy atom. The Morgan fingerprint density at radius 1 is 1.21 bits per heavy atom. The molecule has 1 aromatic carbocycles. The Balaban J connectivity index is 1.57. The lowest BCUT2D eigenvalue weighted by atomic mass is 9.85. The number of rotatable bonds is 6. The number of aromatic nitrogens is 2. The number of pyridine rings is 2. The fourth-order valence-corrected chi connectivity index (χ4v) is 6.13. The number of hydrogen-bond acceptors (Lipinski definition) is 9. The van der Waals surface area contributed by atoms with E-state index in [2.05, 4.69) is 20.8 Å². The molecule has 2 aliphatic heterocycles. The first-order valence-corrected chi connectivity index (χ1v) is 14.1. The fraction of sp³-hybridized carbons (Fsp3) is 0.448. The van der Waals surface area contributed by atoms with Crippen molar-refractivity contribution in [3.63, 3.8) is 0 Å². The standard InChI is InChI=1S/C29H32N2O7S/c1-6-17-18-12-16(32)8-9-22(18)30-24-19(17)14-31-23(24)13-21-20(25(31)33)15-37-26(34)29(21,7-2)38-27(35)36-10-11-39-28(3,4)5/h8-9,12-13,32H,6-7,10-11,14-15H2,1-5H3/t29-/m0/s1. The van der Waals surface area contributed by atoms with Crippen LogP contribution in [0.15, 0.2) is 29.1 Å². The molecule has 10 heteroatoms. The molecule has 0 radical (unpaired) electrons. The second-order valence-corrected chi connectivity index (χ2v) is 12.6. The summed E-state index contributed by atoms with van der Waals surface area (Å²) in [7, 11) is 0. The van der Waals surface area contributed by atoms with Crippen LogP contribution in [0.3, 0.4) is 0 Å². The molecule has 0 unspecified atom stereocenters. The highest BCUT2D eigenvalue weighted by Crippen LogP contribution is 2.42. The van der Waals surface area contributed by atoms with Crippen molar-refractivity contribution < 1.29 is 28.9 Å². The van der Waals surface area contributed by atoms with Crippen molar-refractivity contribution in [2.24, 2.45) is 0 Å². The van der Waals surface area contributed by atoms with E-state index in [-0.39, 0.29) is 41.3 Å². The molecule has 5 rings (SSSR count). The molecule has 9 nitrogen and oxygen atoms in total. The number of cyclic esters (lactones) is 1. The van der Waals surface area contributed by atoms with Crippen molar-refractivity contribution in [2.45, 2.75) is 71.0 Å². The van der Waals surface area contributed by atoms with Gasteiger partial charge in [0.1, 0.15) is 19.0 Å². The van der Waals surface area contributed by atoms with Crippen molar-refractivity contribution >= 4 is 34.8 Å². The van der Waals surface area contributed by atoms with Gasteiger partial charge in [0.15, 0.2) is 0 Å². The number of nitrogens with zero attached hydrogens (tertiary/aromatic N) is 2. The minimum absolute atomic E-state index is 0.0142. The predicted molar refractivity (Wildman–Crippen MR) is 148 cm³/mol. The molecule has 0 spiro atoms. The van der Waals surface area contributed by atoms with Crippen LogP contribution in [0.4, 0.5) is 4.79 Å². The van der Waals surface area contributed by atoms with Gasteiger partial charge in [-0.15, -0.1) is 0 Å². The summed E-state index contributed by atoms with van der Waals surface area (Å²) in [5.74, 6) is -0.0227. The third-order valence-electron chi connectivity index (χ3n) is 7.21. The highest BCUT2D eigenvalue weighted by atomic mass is 32.2. The molecule has 0 amide bonds. The van der Waals surface area contributed by atoms with E-state index in [4.69, 9.17) is 19.2 Å². The third kappa shape index (κ3) is 4.64. The number of carbonyl (C=O) groups is 2. The molecule has 0 fully saturated rings. The van der Waals surface area contributed by atoms with Gasteiger partial charge >= 0.3 is 12.1 Å². The normalized spacial score (nSPS) is 17.8. The Bertz CT molecular complexity index is 1560. The number of phenols is 1. The summed E-state index contributed by atoms with van der Waals surface area (Å²) in [6, 6.07) is 6.74. The zero-order valence-electron chi connectivity index (χ0n) is 22.8. The molecule has 0 aliphatic carbocycles. The number of carbonyl (C=O) groups excluding carboxylic acids is 2. The lowest BCUT2D eigenvalue weighted by Gasteiger charge is -2.35. The number of benzene rings is 1. The Kier molecular flexibility index (Phi) is 6.86. The summed E-state index contributed by atoms with van der Waals surface area (Å²) in [5, 5.41) is 10.9. The molecule has 0 saturated carbocycles. The van der Waals surface area contributed by atoms with Crippen LogP contribution < -0.4 is 5.56 Å². The van der Waals surface area contributed by atoms with E-state index >= 15 is 0 Å². The Hall–Kier alpha value is -3.53. The van der Waals surface area contributed by atoms with Crippen molar-refractivity contribution in [1.29, 1.82) is 0 Å². The number of ether oxygens (including phenoxy) is 3. The first kappa shape index (κ1) is 27.1. The van der Waals surface area contributed by atoms with E-state index in [1.165, 1.54) is 0 Å². The van der Waals surface area contributed by atoms with Gasteiger partial charge in [0, 0.05) is 27.0 Å². The van der Waals surface area contributed by atoms with Crippen LogP contribution in [0.25, 0.3) is 22.3 Å². The fourth-order valence-electron chi connectivity index (χ4n) is 5.36. The van der Waals surface area contributed by atoms with Crippen molar-refractivity contribution in [3.8, 4) is 17.1 Å². The van der Waals surface area contributed by atoms with Gasteiger partial charge < -0.3 is 23.9 Å². The van der Waals surface area contributed by atoms with Crippen molar-refractivity contribution in [3.05, 3.63) is 56.9 Å². The molecule has 1 atom stereocenters. The highest BCUT2D eigenvalue weighted by molar-refractivity contribution is 8.00. The van der Waals surface area contributed by atoms with Crippen LogP contribution in [0, 0.1) is 0 Å². The smallest absolute Gasteiger partial charge is 0.508 e. The van der Waals surface area contributed by atoms with E-state index in [1.54, 1.807) is 47.5 Å². The quantitative estimate of drug-likeness (QED) is 0.259. The first-order valence-electron chi connectivity index (χ1n) is 13.1. The molecule has 2 aliphatic rings. The lowest BCUT2D eigenvalue weighted by molar-refractivity contribution is -0.175. The third-order valence-corrected chi connectivity index (χ3v) is 8.44. The Labute approximate surface area is 230 Å². The molecule has 1 N–H and O–H groups in total. The number of phenolic OH excluding ortho intramolecular Hbond substituents is 1. The summed E-state index contributed by atoms with van der Waals surface area (Å²) >= 11 is 1.64. The van der Waals surface area contributed by atoms with Gasteiger partial charge in [-0.1, -0.05) is 34.6 Å². The SMILES string of the molecule is CCc1c2c(nc3ccc(O)cc13)-c1cc3c(c(=O)n1C2)COC(=O)[C@@]3(CC)OC(=O)OCCSC(C)(C)C. The van der Waals surface area contributed by atoms with Gasteiger partial charge in [0.2, 0.25) is 5.60 Å². The molecule has 39 heavy (non-hydrogen) atoms. The van der Waals surface area contributed by atoms with Crippen LogP contribution in [0.1, 0.15) is 63.3 Å². The number of hydrogen-bond donors (Lipinski definition) is 1. The predicted octanol–water partition coefficient (Wildman–Crippen LogP) is 5.04. The number of thioether (sulfide) groups is 1. The van der Waals surface area contributed by atoms with Gasteiger partial charge in [-0.25, -0.2) is 14.6 Å². The van der Waals surface area contributed by atoms with Crippen LogP contribution >= 0.6 is 11.8 Å². The zero-order valence-corrected chi connectivity index (χ0v) is 23.6. The monoisotopic (exact) mass is 552 g/mol. The highest BCUT2D eigenvalue weighted by Gasteiger charge is 2.51. The second-order valence-electron chi connectivity index (χ2n) is 10.7. The summed E-state index contributed by atoms with van der Waals surface area (Å²) in [5.41, 5.74) is 2.20. The van der Waals surface area contributed by atoms with Gasteiger partial charge in [0.05, 0.1) is 29.0 Å². The van der Waals surface area contributed by atoms with Crippen LogP contribution in [0.5, 0.6) is 5.75 Å². The van der Waals surface area contributed by atoms with Crippen LogP contribution in [-0.4, -0.2) is 43.9 Å². The van der Waals surface area contributed by atoms with Gasteiger partial charge in [-0.3, -0.25) is 4.79 Å². The second kappa shape index (κ2) is 9.89. The maximum absolute atomic E-state index is 13.8. The Morgan fingerprint density at radius 3 is 2.67 bits per heavy atom. The summed E-state index contributed by atoms with van der Waals surface area (Å²) < 4.78 is 18.0. The maximum atomic E-state index is 13.8. The van der Waals surface area contributed by atoms with E-state index in [0.29, 0.717) is 41.2 Å². The molecular formula is C29H32N2O7S. The number of fused-ring (bicyclic) bond motifs is 5. The number of aryl methyl sites for hydroxylation is 1. The molecule has 0 saturated heterocycles. The largest absolute Gasteiger partial charge is 0.509 e. The zero-order chi connectivity index (χ0) is 28.1. The number of aromatic hydroxyl groups is 1. The van der Waals surface area contributed by atoms with E-state index in [0.717, 1.165) is 16.5 Å². The minimum Gasteiger partial charge on any atom is -0.508 e. The van der Waals surface area contributed by atoms with Crippen molar-refractivity contribution in [2.75, 3.05) is 12.4 Å². The molecule has 206 valence electrons.